The van der Waals surface area contributed by atoms with Gasteiger partial charge in [-0.2, -0.15) is 0 Å². The second kappa shape index (κ2) is 9.29. The van der Waals surface area contributed by atoms with Crippen LogP contribution in [0.15, 0.2) is 54.3 Å². The molecule has 1 atom stereocenters. The van der Waals surface area contributed by atoms with Crippen LogP contribution in [-0.4, -0.2) is 52.4 Å². The normalized spacial score (nSPS) is 20.4. The highest BCUT2D eigenvalue weighted by molar-refractivity contribution is 5.80. The number of ether oxygens (including phenoxy) is 1. The Balaban J connectivity index is 1.48. The number of aromatic nitrogens is 2. The van der Waals surface area contributed by atoms with Crippen LogP contribution in [0, 0.1) is 0 Å². The number of imidazole rings is 1. The zero-order valence-electron chi connectivity index (χ0n) is 17.1. The highest BCUT2D eigenvalue weighted by Crippen LogP contribution is 2.25. The highest BCUT2D eigenvalue weighted by atomic mass is 16.5. The van der Waals surface area contributed by atoms with Crippen molar-refractivity contribution < 1.29 is 9.84 Å². The first-order valence-electron chi connectivity index (χ1n) is 10.4. The van der Waals surface area contributed by atoms with Crippen LogP contribution in [-0.2, 0) is 17.8 Å². The van der Waals surface area contributed by atoms with Crippen LogP contribution in [0.25, 0.3) is 11.0 Å². The van der Waals surface area contributed by atoms with Crippen molar-refractivity contribution in [3.05, 3.63) is 60.2 Å². The molecule has 6 heteroatoms. The Labute approximate surface area is 172 Å². The molecule has 29 heavy (non-hydrogen) atoms. The Morgan fingerprint density at radius 1 is 1.34 bits per heavy atom. The van der Waals surface area contributed by atoms with E-state index < -0.39 is 0 Å². The molecule has 154 valence electrons. The number of nitrogens with one attached hydrogen (secondary N) is 1. The Bertz CT molecular complexity index is 924. The van der Waals surface area contributed by atoms with E-state index in [9.17, 15) is 0 Å². The van der Waals surface area contributed by atoms with Gasteiger partial charge in [0, 0.05) is 32.4 Å². The Morgan fingerprint density at radius 2 is 2.24 bits per heavy atom. The number of nitrogens with zero attached hydrogens (tertiary/aromatic N) is 3. The summed E-state index contributed by atoms with van der Waals surface area (Å²) < 4.78 is 8.05. The zero-order valence-corrected chi connectivity index (χ0v) is 17.1. The smallest absolute Gasteiger partial charge is 0.124 e. The van der Waals surface area contributed by atoms with E-state index in [0.29, 0.717) is 6.10 Å². The molecule has 0 bridgehead atoms. The minimum atomic E-state index is 0.308. The average Bonchev–Trinajstić information content (AvgIpc) is 3.05. The highest BCUT2D eigenvalue weighted by Gasteiger charge is 2.23. The van der Waals surface area contributed by atoms with Crippen molar-refractivity contribution in [1.82, 2.24) is 14.5 Å². The van der Waals surface area contributed by atoms with Gasteiger partial charge in [0.25, 0.3) is 0 Å². The van der Waals surface area contributed by atoms with Crippen LogP contribution >= 0.6 is 0 Å². The molecular formula is C23H30N4O2. The third kappa shape index (κ3) is 4.71. The van der Waals surface area contributed by atoms with E-state index in [2.05, 4.69) is 45.1 Å². The van der Waals surface area contributed by atoms with E-state index in [0.717, 1.165) is 75.3 Å². The summed E-state index contributed by atoms with van der Waals surface area (Å²) in [7, 11) is 1.94. The molecule has 3 heterocycles. The summed E-state index contributed by atoms with van der Waals surface area (Å²) in [5, 5.41) is 11.9. The van der Waals surface area contributed by atoms with E-state index in [1.807, 2.05) is 13.1 Å². The molecule has 1 aromatic heterocycles. The van der Waals surface area contributed by atoms with Crippen molar-refractivity contribution in [2.75, 3.05) is 32.1 Å². The Hall–Kier alpha value is -2.57. The van der Waals surface area contributed by atoms with E-state index in [-0.39, 0.29) is 0 Å². The van der Waals surface area contributed by atoms with Gasteiger partial charge in [-0.15, -0.1) is 0 Å². The molecule has 2 aromatic rings. The second-order valence-electron chi connectivity index (χ2n) is 7.69. The summed E-state index contributed by atoms with van der Waals surface area (Å²) in [5.41, 5.74) is 4.77. The summed E-state index contributed by atoms with van der Waals surface area (Å²) in [4.78, 5) is 7.44. The van der Waals surface area contributed by atoms with Crippen LogP contribution < -0.4 is 5.32 Å². The summed E-state index contributed by atoms with van der Waals surface area (Å²) in [6, 6.07) is 6.40. The van der Waals surface area contributed by atoms with Gasteiger partial charge in [-0.05, 0) is 43.5 Å². The molecule has 2 aliphatic rings. The Kier molecular flexibility index (Phi) is 6.32. The molecule has 4 rings (SSSR count). The van der Waals surface area contributed by atoms with Gasteiger partial charge < -0.3 is 19.7 Å². The van der Waals surface area contributed by atoms with Crippen LogP contribution in [0.2, 0.25) is 0 Å². The topological polar surface area (TPSA) is 62.5 Å². The fourth-order valence-corrected chi connectivity index (χ4v) is 3.92. The van der Waals surface area contributed by atoms with E-state index in [1.54, 1.807) is 6.08 Å². The number of aliphatic hydroxyl groups excluding tert-OH is 1. The number of fused-ring (bicyclic) bond motifs is 1. The quantitative estimate of drug-likeness (QED) is 0.402. The molecule has 0 unspecified atom stereocenters. The van der Waals surface area contributed by atoms with Gasteiger partial charge in [0.2, 0.25) is 0 Å². The molecule has 2 aliphatic heterocycles. The summed E-state index contributed by atoms with van der Waals surface area (Å²) in [6.45, 7) is 4.59. The maximum atomic E-state index is 8.68. The van der Waals surface area contributed by atoms with Crippen molar-refractivity contribution in [3.8, 4) is 0 Å². The number of anilines is 1. The molecule has 0 radical (unpaired) electrons. The second-order valence-corrected chi connectivity index (χ2v) is 7.69. The zero-order chi connectivity index (χ0) is 20.1. The van der Waals surface area contributed by atoms with Crippen molar-refractivity contribution in [2.45, 2.75) is 38.5 Å². The summed E-state index contributed by atoms with van der Waals surface area (Å²) in [6.07, 6.45) is 12.5. The molecule has 6 nitrogen and oxygen atoms in total. The number of rotatable bonds is 8. The number of benzene rings is 1. The molecule has 0 saturated carbocycles. The predicted octanol–water partition coefficient (Wildman–Crippen LogP) is 4.02. The van der Waals surface area contributed by atoms with Gasteiger partial charge in [0.15, 0.2) is 0 Å². The van der Waals surface area contributed by atoms with E-state index in [4.69, 9.17) is 14.8 Å². The Morgan fingerprint density at radius 3 is 2.93 bits per heavy atom. The van der Waals surface area contributed by atoms with Gasteiger partial charge in [0.1, 0.15) is 5.82 Å². The molecule has 0 aliphatic carbocycles. The standard InChI is InChI=1S/C23H30N4O2/c1-24-19-6-7-22-21(15-19)25-23(27(22)16-20-10-14-29-20)17-26-11-8-18(9-12-26)5-3-2-4-13-28/h2-4,6-8,13,15,20,24,28H,5,9-12,14,16-17H2,1H3/b3-2-,13-4+/t20-/m0/s1. The first kappa shape index (κ1) is 19.7. The largest absolute Gasteiger partial charge is 0.516 e. The fourth-order valence-electron chi connectivity index (χ4n) is 3.92. The van der Waals surface area contributed by atoms with Crippen molar-refractivity contribution in [2.24, 2.45) is 0 Å². The fraction of sp³-hybridized carbons (Fsp3) is 0.435. The van der Waals surface area contributed by atoms with E-state index >= 15 is 0 Å². The molecule has 0 amide bonds. The first-order valence-corrected chi connectivity index (χ1v) is 10.4. The first-order chi connectivity index (χ1) is 14.3. The van der Waals surface area contributed by atoms with Gasteiger partial charge in [-0.1, -0.05) is 23.8 Å². The minimum Gasteiger partial charge on any atom is -0.516 e. The lowest BCUT2D eigenvalue weighted by Crippen LogP contribution is -2.33. The lowest BCUT2D eigenvalue weighted by atomic mass is 10.0. The van der Waals surface area contributed by atoms with Crippen LogP contribution in [0.5, 0.6) is 0 Å². The number of hydrogen-bond acceptors (Lipinski definition) is 5. The maximum Gasteiger partial charge on any atom is 0.124 e. The molecule has 0 spiro atoms. The van der Waals surface area contributed by atoms with Crippen molar-refractivity contribution >= 4 is 16.7 Å². The van der Waals surface area contributed by atoms with Crippen LogP contribution in [0.3, 0.4) is 0 Å². The van der Waals surface area contributed by atoms with Crippen LogP contribution in [0.1, 0.15) is 25.1 Å². The molecular weight excluding hydrogens is 364 g/mol. The van der Waals surface area contributed by atoms with Gasteiger partial charge in [0.05, 0.1) is 36.5 Å². The van der Waals surface area contributed by atoms with Gasteiger partial charge in [-0.25, -0.2) is 4.98 Å². The van der Waals surface area contributed by atoms with Crippen molar-refractivity contribution in [3.63, 3.8) is 0 Å². The molecule has 2 N–H and O–H groups in total. The predicted molar refractivity (Wildman–Crippen MR) is 117 cm³/mol. The third-order valence-corrected chi connectivity index (χ3v) is 5.76. The summed E-state index contributed by atoms with van der Waals surface area (Å²) >= 11 is 0. The lowest BCUT2D eigenvalue weighted by Gasteiger charge is -2.29. The molecule has 1 aromatic carbocycles. The maximum absolute atomic E-state index is 8.68. The van der Waals surface area contributed by atoms with Crippen LogP contribution in [0.4, 0.5) is 5.69 Å². The summed E-state index contributed by atoms with van der Waals surface area (Å²) in [5.74, 6) is 1.12. The third-order valence-electron chi connectivity index (χ3n) is 5.76. The number of allylic oxidation sites excluding steroid dienone is 3. The van der Waals surface area contributed by atoms with E-state index in [1.165, 1.54) is 11.1 Å². The SMILES string of the molecule is CNc1ccc2c(c1)nc(CN1CC=C(C/C=C\C=C\O)CC1)n2C[C@@H]1CCO1. The minimum absolute atomic E-state index is 0.308. The molecule has 1 saturated heterocycles. The molecule has 1 fully saturated rings. The average molecular weight is 395 g/mol. The number of aliphatic hydroxyl groups is 1. The number of hydrogen-bond donors (Lipinski definition) is 2. The lowest BCUT2D eigenvalue weighted by molar-refractivity contribution is -0.0591. The van der Waals surface area contributed by atoms with Crippen molar-refractivity contribution in [1.29, 1.82) is 0 Å². The van der Waals surface area contributed by atoms with Gasteiger partial charge >= 0.3 is 0 Å². The van der Waals surface area contributed by atoms with Gasteiger partial charge in [-0.3, -0.25) is 4.90 Å². The monoisotopic (exact) mass is 394 g/mol.